The summed E-state index contributed by atoms with van der Waals surface area (Å²) in [6.45, 7) is 2.00. The molecule has 128 valence electrons. The number of hydrogen-bond donors (Lipinski definition) is 1. The Bertz CT molecular complexity index is 1100. The molecule has 0 spiro atoms. The van der Waals surface area contributed by atoms with Crippen LogP contribution in [0.4, 0.5) is 10.1 Å². The minimum atomic E-state index is -0.381. The Labute approximate surface area is 149 Å². The summed E-state index contributed by atoms with van der Waals surface area (Å²) in [6, 6.07) is 18.5. The number of amides is 1. The lowest BCUT2D eigenvalue weighted by molar-refractivity contribution is 0.102. The first kappa shape index (κ1) is 16.0. The second-order valence-electron chi connectivity index (χ2n) is 5.98. The van der Waals surface area contributed by atoms with Crippen molar-refractivity contribution in [2.24, 2.45) is 0 Å². The van der Waals surface area contributed by atoms with Gasteiger partial charge in [0.1, 0.15) is 11.3 Å². The second-order valence-corrected chi connectivity index (χ2v) is 5.98. The molecule has 1 amide bonds. The van der Waals surface area contributed by atoms with Gasteiger partial charge in [-0.3, -0.25) is 4.79 Å². The van der Waals surface area contributed by atoms with Crippen LogP contribution < -0.4 is 5.32 Å². The molecule has 0 aliphatic heterocycles. The fourth-order valence-corrected chi connectivity index (χ4v) is 2.73. The number of nitrogens with one attached hydrogen (secondary N) is 1. The maximum Gasteiger partial charge on any atom is 0.255 e. The van der Waals surface area contributed by atoms with Crippen molar-refractivity contribution in [2.75, 3.05) is 5.32 Å². The van der Waals surface area contributed by atoms with E-state index in [1.807, 2.05) is 31.2 Å². The zero-order chi connectivity index (χ0) is 18.1. The van der Waals surface area contributed by atoms with Gasteiger partial charge >= 0.3 is 0 Å². The summed E-state index contributed by atoms with van der Waals surface area (Å²) in [7, 11) is 0. The smallest absolute Gasteiger partial charge is 0.255 e. The molecule has 0 bridgehead atoms. The average molecular weight is 346 g/mol. The van der Waals surface area contributed by atoms with Crippen molar-refractivity contribution in [2.45, 2.75) is 6.92 Å². The topological polar surface area (TPSA) is 55.1 Å². The van der Waals surface area contributed by atoms with Crippen molar-refractivity contribution in [3.05, 3.63) is 83.7 Å². The first-order valence-corrected chi connectivity index (χ1v) is 8.14. The van der Waals surface area contributed by atoms with Crippen LogP contribution in [0.1, 0.15) is 15.9 Å². The molecule has 0 atom stereocenters. The summed E-state index contributed by atoms with van der Waals surface area (Å²) < 4.78 is 18.8. The number of carbonyl (C=O) groups is 1. The summed E-state index contributed by atoms with van der Waals surface area (Å²) in [5, 5.41) is 2.78. The molecule has 5 heteroatoms. The third-order valence-electron chi connectivity index (χ3n) is 4.13. The third-order valence-corrected chi connectivity index (χ3v) is 4.13. The maximum atomic E-state index is 13.0. The summed E-state index contributed by atoms with van der Waals surface area (Å²) in [6.07, 6.45) is 0. The van der Waals surface area contributed by atoms with Crippen molar-refractivity contribution in [3.8, 4) is 11.5 Å². The van der Waals surface area contributed by atoms with Gasteiger partial charge in [-0.2, -0.15) is 0 Å². The molecule has 0 aliphatic rings. The maximum absolute atomic E-state index is 13.0. The quantitative estimate of drug-likeness (QED) is 0.555. The highest BCUT2D eigenvalue weighted by Gasteiger charge is 2.12. The first-order chi connectivity index (χ1) is 12.6. The van der Waals surface area contributed by atoms with Crippen LogP contribution >= 0.6 is 0 Å². The predicted octanol–water partition coefficient (Wildman–Crippen LogP) is 5.19. The van der Waals surface area contributed by atoms with Gasteiger partial charge in [-0.25, -0.2) is 9.37 Å². The zero-order valence-electron chi connectivity index (χ0n) is 14.0. The van der Waals surface area contributed by atoms with Crippen LogP contribution in [0.3, 0.4) is 0 Å². The molecule has 1 heterocycles. The number of aryl methyl sites for hydroxylation is 1. The largest absolute Gasteiger partial charge is 0.436 e. The van der Waals surface area contributed by atoms with Crippen molar-refractivity contribution >= 4 is 22.7 Å². The minimum Gasteiger partial charge on any atom is -0.436 e. The third kappa shape index (κ3) is 3.07. The molecular formula is C21H15FN2O2. The van der Waals surface area contributed by atoms with Crippen molar-refractivity contribution in [3.63, 3.8) is 0 Å². The number of nitrogens with zero attached hydrogens (tertiary/aromatic N) is 1. The van der Waals surface area contributed by atoms with Gasteiger partial charge in [0.2, 0.25) is 5.89 Å². The van der Waals surface area contributed by atoms with Gasteiger partial charge in [-0.15, -0.1) is 0 Å². The number of oxazole rings is 1. The molecule has 4 nitrogen and oxygen atoms in total. The van der Waals surface area contributed by atoms with E-state index < -0.39 is 0 Å². The lowest BCUT2D eigenvalue weighted by Gasteiger charge is -2.04. The van der Waals surface area contributed by atoms with Gasteiger partial charge in [0.05, 0.1) is 0 Å². The molecule has 0 radical (unpaired) electrons. The Kier molecular flexibility index (Phi) is 3.97. The van der Waals surface area contributed by atoms with Crippen LogP contribution in [0.2, 0.25) is 0 Å². The van der Waals surface area contributed by atoms with E-state index in [1.54, 1.807) is 18.2 Å². The molecule has 0 unspecified atom stereocenters. The Balaban J connectivity index is 1.62. The van der Waals surface area contributed by atoms with E-state index in [0.717, 1.165) is 11.1 Å². The van der Waals surface area contributed by atoms with Crippen LogP contribution in [0.15, 0.2) is 71.1 Å². The van der Waals surface area contributed by atoms with Gasteiger partial charge < -0.3 is 9.73 Å². The Morgan fingerprint density at radius 3 is 2.58 bits per heavy atom. The van der Waals surface area contributed by atoms with Crippen LogP contribution in [0.25, 0.3) is 22.6 Å². The molecule has 0 saturated heterocycles. The molecule has 0 fully saturated rings. The minimum absolute atomic E-state index is 0.317. The van der Waals surface area contributed by atoms with Gasteiger partial charge in [-0.1, -0.05) is 18.2 Å². The average Bonchev–Trinajstić information content (AvgIpc) is 3.05. The summed E-state index contributed by atoms with van der Waals surface area (Å²) in [4.78, 5) is 16.8. The highest BCUT2D eigenvalue weighted by atomic mass is 19.1. The Hall–Kier alpha value is -3.47. The number of hydrogen-bond acceptors (Lipinski definition) is 3. The number of aromatic nitrogens is 1. The first-order valence-electron chi connectivity index (χ1n) is 8.14. The van der Waals surface area contributed by atoms with Gasteiger partial charge in [0.15, 0.2) is 5.58 Å². The van der Waals surface area contributed by atoms with E-state index >= 15 is 0 Å². The van der Waals surface area contributed by atoms with Crippen LogP contribution in [-0.2, 0) is 0 Å². The molecule has 1 N–H and O–H groups in total. The molecule has 4 rings (SSSR count). The zero-order valence-corrected chi connectivity index (χ0v) is 14.0. The van der Waals surface area contributed by atoms with Crippen LogP contribution in [0.5, 0.6) is 0 Å². The summed E-state index contributed by atoms with van der Waals surface area (Å²) in [5.74, 6) is -0.156. The second kappa shape index (κ2) is 6.44. The van der Waals surface area contributed by atoms with E-state index in [2.05, 4.69) is 10.3 Å². The predicted molar refractivity (Wildman–Crippen MR) is 98.5 cm³/mol. The van der Waals surface area contributed by atoms with Crippen molar-refractivity contribution in [1.29, 1.82) is 0 Å². The molecule has 3 aromatic carbocycles. The van der Waals surface area contributed by atoms with E-state index in [-0.39, 0.29) is 11.7 Å². The van der Waals surface area contributed by atoms with E-state index in [4.69, 9.17) is 4.42 Å². The lowest BCUT2D eigenvalue weighted by atomic mass is 10.1. The standard InChI is InChI=1S/C21H15FN2O2/c1-13-4-2-3-5-17(13)21-24-18-11-10-16(12-19(18)26-21)23-20(25)14-6-8-15(22)9-7-14/h2-12H,1H3,(H,23,25). The Morgan fingerprint density at radius 2 is 1.81 bits per heavy atom. The number of anilines is 1. The summed E-state index contributed by atoms with van der Waals surface area (Å²) in [5.41, 5.74) is 4.26. The highest BCUT2D eigenvalue weighted by Crippen LogP contribution is 2.28. The van der Waals surface area contributed by atoms with Crippen LogP contribution in [0, 0.1) is 12.7 Å². The molecule has 26 heavy (non-hydrogen) atoms. The number of fused-ring (bicyclic) bond motifs is 1. The monoisotopic (exact) mass is 346 g/mol. The van der Waals surface area contributed by atoms with E-state index in [0.29, 0.717) is 28.2 Å². The molecule has 0 saturated carbocycles. The van der Waals surface area contributed by atoms with Crippen LogP contribution in [-0.4, -0.2) is 10.9 Å². The molecule has 0 aliphatic carbocycles. The number of carbonyl (C=O) groups excluding carboxylic acids is 1. The number of halogens is 1. The Morgan fingerprint density at radius 1 is 1.04 bits per heavy atom. The molecule has 1 aromatic heterocycles. The number of rotatable bonds is 3. The fourth-order valence-electron chi connectivity index (χ4n) is 2.73. The van der Waals surface area contributed by atoms with Gasteiger partial charge in [0, 0.05) is 22.9 Å². The van der Waals surface area contributed by atoms with E-state index in [1.165, 1.54) is 24.3 Å². The van der Waals surface area contributed by atoms with E-state index in [9.17, 15) is 9.18 Å². The number of benzene rings is 3. The lowest BCUT2D eigenvalue weighted by Crippen LogP contribution is -2.11. The SMILES string of the molecule is Cc1ccccc1-c1nc2ccc(NC(=O)c3ccc(F)cc3)cc2o1. The molecular weight excluding hydrogens is 331 g/mol. The summed E-state index contributed by atoms with van der Waals surface area (Å²) >= 11 is 0. The van der Waals surface area contributed by atoms with Crippen molar-refractivity contribution < 1.29 is 13.6 Å². The molecule has 4 aromatic rings. The van der Waals surface area contributed by atoms with Crippen molar-refractivity contribution in [1.82, 2.24) is 4.98 Å². The van der Waals surface area contributed by atoms with Gasteiger partial charge in [-0.05, 0) is 55.0 Å². The van der Waals surface area contributed by atoms with Gasteiger partial charge in [0.25, 0.3) is 5.91 Å². The highest BCUT2D eigenvalue weighted by molar-refractivity contribution is 6.04. The fraction of sp³-hybridized carbons (Fsp3) is 0.0476. The normalized spacial score (nSPS) is 10.8.